The highest BCUT2D eigenvalue weighted by molar-refractivity contribution is 6.13. The number of aromatic nitrogens is 4. The molecule has 6 aromatic carbocycles. The van der Waals surface area contributed by atoms with Gasteiger partial charge in [-0.05, 0) is 94.2 Å². The lowest BCUT2D eigenvalue weighted by Gasteiger charge is -2.16. The van der Waals surface area contributed by atoms with E-state index in [0.29, 0.717) is 40.8 Å². The molecule has 0 atom stereocenters. The predicted octanol–water partition coefficient (Wildman–Crippen LogP) is 7.11. The smallest absolute Gasteiger partial charge is 0.475 e. The van der Waals surface area contributed by atoms with Crippen molar-refractivity contribution in [3.05, 3.63) is 108 Å². The molecule has 342 valence electrons. The van der Waals surface area contributed by atoms with E-state index < -0.39 is 12.1 Å². The molecule has 15 nitrogen and oxygen atoms in total. The number of likely N-dealkylation sites (N-methyl/N-ethyl adjacent to an activating group) is 2. The van der Waals surface area contributed by atoms with Crippen LogP contribution in [-0.4, -0.2) is 133 Å². The summed E-state index contributed by atoms with van der Waals surface area (Å²) in [6, 6.07) is 30.8. The molecule has 4 N–H and O–H groups in total. The van der Waals surface area contributed by atoms with E-state index in [2.05, 4.69) is 39.0 Å². The van der Waals surface area contributed by atoms with Gasteiger partial charge in [-0.2, -0.15) is 13.2 Å². The fourth-order valence-electron chi connectivity index (χ4n) is 7.01. The van der Waals surface area contributed by atoms with Crippen LogP contribution < -0.4 is 20.9 Å². The minimum absolute atomic E-state index is 0.120. The number of carbonyl (C=O) groups is 4. The topological polar surface area (TPSA) is 186 Å². The van der Waals surface area contributed by atoms with Gasteiger partial charge in [-0.3, -0.25) is 14.4 Å². The van der Waals surface area contributed by atoms with E-state index in [-0.39, 0.29) is 17.7 Å². The maximum Gasteiger partial charge on any atom is 0.490 e. The van der Waals surface area contributed by atoms with E-state index in [9.17, 15) is 27.6 Å². The van der Waals surface area contributed by atoms with E-state index >= 15 is 0 Å². The van der Waals surface area contributed by atoms with E-state index in [1.165, 1.54) is 6.92 Å². The molecule has 0 aliphatic carbocycles. The highest BCUT2D eigenvalue weighted by Gasteiger charge is 2.38. The number of hydrogen-bond donors (Lipinski definition) is 4. The van der Waals surface area contributed by atoms with Crippen molar-refractivity contribution < 1.29 is 37.5 Å². The molecule has 0 saturated heterocycles. The van der Waals surface area contributed by atoms with E-state index in [4.69, 9.17) is 29.8 Å². The van der Waals surface area contributed by atoms with E-state index in [0.717, 1.165) is 73.6 Å². The number of amides is 3. The number of alkyl halides is 3. The van der Waals surface area contributed by atoms with Crippen LogP contribution in [0.25, 0.3) is 65.7 Å². The first-order chi connectivity index (χ1) is 31.3. The Kier molecular flexibility index (Phi) is 14.9. The molecule has 3 amide bonds. The van der Waals surface area contributed by atoms with Gasteiger partial charge in [0.15, 0.2) is 0 Å². The first kappa shape index (κ1) is 47.9. The van der Waals surface area contributed by atoms with Gasteiger partial charge in [0.1, 0.15) is 11.0 Å². The Labute approximate surface area is 377 Å². The van der Waals surface area contributed by atoms with Crippen LogP contribution in [0.15, 0.2) is 97.1 Å². The standard InChI is InChI=1S/C23H23N5O2.C23H25N5O.C2HF3O2/c1-14(29)25-16-8-9-17-15(13-16)7-10-20-21(17)27-22-18(5-4-6-19(22)26-20)23(30)24-11-12-28(2)3;1-27(2)14-13-24-23(29)17-8-5-9-18-22(17)26-21-16-7-6-10-20(28(3)4)15(16)11-12-19(21)25-18;3-2(4,5)1(6)7/h4-10,13H,11-12H2,1-3H3,(H,24,30)(H,25,29);5-12H,13-14H2,1-4H3,(H,24,29);(H,6,7). The Hall–Kier alpha value is -7.57. The second kappa shape index (κ2) is 20.5. The average Bonchev–Trinajstić information content (AvgIpc) is 3.26. The number of para-hydroxylation sites is 2. The third-order valence-corrected chi connectivity index (χ3v) is 10.1. The molecule has 2 aromatic heterocycles. The molecule has 0 saturated carbocycles. The normalized spacial score (nSPS) is 11.4. The van der Waals surface area contributed by atoms with Crippen LogP contribution in [0.3, 0.4) is 0 Å². The Morgan fingerprint density at radius 2 is 1.05 bits per heavy atom. The summed E-state index contributed by atoms with van der Waals surface area (Å²) in [6.07, 6.45) is -5.08. The number of halogens is 3. The lowest BCUT2D eigenvalue weighted by Crippen LogP contribution is -2.31. The van der Waals surface area contributed by atoms with Crippen molar-refractivity contribution in [2.24, 2.45) is 0 Å². The predicted molar refractivity (Wildman–Crippen MR) is 253 cm³/mol. The molecule has 0 spiro atoms. The summed E-state index contributed by atoms with van der Waals surface area (Å²) < 4.78 is 31.7. The number of carboxylic acids is 1. The summed E-state index contributed by atoms with van der Waals surface area (Å²) in [5, 5.41) is 19.8. The molecule has 8 aromatic rings. The van der Waals surface area contributed by atoms with Crippen LogP contribution in [-0.2, 0) is 9.59 Å². The van der Waals surface area contributed by atoms with Crippen LogP contribution >= 0.6 is 0 Å². The molecule has 0 fully saturated rings. The van der Waals surface area contributed by atoms with Gasteiger partial charge < -0.3 is 35.8 Å². The van der Waals surface area contributed by atoms with Crippen LogP contribution in [0.1, 0.15) is 27.6 Å². The third-order valence-electron chi connectivity index (χ3n) is 10.1. The lowest BCUT2D eigenvalue weighted by molar-refractivity contribution is -0.192. The van der Waals surface area contributed by atoms with Crippen molar-refractivity contribution in [3.63, 3.8) is 0 Å². The maximum atomic E-state index is 12.8. The molecule has 0 aliphatic rings. The summed E-state index contributed by atoms with van der Waals surface area (Å²) in [6.45, 7) is 4.15. The summed E-state index contributed by atoms with van der Waals surface area (Å²) in [7, 11) is 11.9. The fourth-order valence-corrected chi connectivity index (χ4v) is 7.01. The van der Waals surface area contributed by atoms with Crippen molar-refractivity contribution >= 4 is 101 Å². The summed E-state index contributed by atoms with van der Waals surface area (Å²) in [5.74, 6) is -3.16. The SMILES string of the molecule is CC(=O)Nc1ccc2c(ccc3nc4cccc(C(=O)NCCN(C)C)c4nc32)c1.CN(C)CCNC(=O)c1cccc2nc3ccc4c(N(C)C)cccc4c3nc12.O=C(O)C(F)(F)F. The lowest BCUT2D eigenvalue weighted by atomic mass is 10.1. The van der Waals surface area contributed by atoms with Gasteiger partial charge in [-0.1, -0.05) is 36.4 Å². The number of benzene rings is 6. The minimum Gasteiger partial charge on any atom is -0.475 e. The van der Waals surface area contributed by atoms with Crippen LogP contribution in [0, 0.1) is 0 Å². The second-order valence-corrected chi connectivity index (χ2v) is 16.0. The molecule has 0 bridgehead atoms. The molecule has 8 rings (SSSR count). The van der Waals surface area contributed by atoms with E-state index in [1.54, 1.807) is 6.07 Å². The van der Waals surface area contributed by atoms with Gasteiger partial charge in [0.05, 0.1) is 44.2 Å². The molecular weight excluding hydrogens is 854 g/mol. The van der Waals surface area contributed by atoms with Gasteiger partial charge in [0.25, 0.3) is 11.8 Å². The van der Waals surface area contributed by atoms with Gasteiger partial charge in [-0.15, -0.1) is 0 Å². The first-order valence-corrected chi connectivity index (χ1v) is 20.7. The monoisotopic (exact) mass is 902 g/mol. The number of anilines is 2. The highest BCUT2D eigenvalue weighted by Crippen LogP contribution is 2.32. The summed E-state index contributed by atoms with van der Waals surface area (Å²) >= 11 is 0. The zero-order valence-electron chi connectivity index (χ0n) is 37.4. The van der Waals surface area contributed by atoms with Crippen molar-refractivity contribution in [1.82, 2.24) is 40.4 Å². The Morgan fingerprint density at radius 3 is 1.53 bits per heavy atom. The number of aliphatic carboxylic acids is 1. The highest BCUT2D eigenvalue weighted by atomic mass is 19.4. The zero-order chi connectivity index (χ0) is 47.9. The number of nitrogens with one attached hydrogen (secondary N) is 3. The number of rotatable bonds is 10. The summed E-state index contributed by atoms with van der Waals surface area (Å²) in [5.41, 5.74) is 8.64. The molecule has 18 heteroatoms. The van der Waals surface area contributed by atoms with Crippen LogP contribution in [0.4, 0.5) is 24.5 Å². The fraction of sp³-hybridized carbons (Fsp3) is 0.250. The number of hydrogen-bond acceptors (Lipinski definition) is 11. The van der Waals surface area contributed by atoms with Gasteiger partial charge >= 0.3 is 12.1 Å². The van der Waals surface area contributed by atoms with Crippen molar-refractivity contribution in [1.29, 1.82) is 0 Å². The second-order valence-electron chi connectivity index (χ2n) is 16.0. The molecule has 0 aliphatic heterocycles. The molecule has 0 unspecified atom stereocenters. The molecular formula is C48H49F3N10O5. The minimum atomic E-state index is -5.08. The number of carbonyl (C=O) groups excluding carboxylic acids is 3. The molecule has 66 heavy (non-hydrogen) atoms. The number of nitrogens with zero attached hydrogens (tertiary/aromatic N) is 7. The van der Waals surface area contributed by atoms with Crippen LogP contribution in [0.5, 0.6) is 0 Å². The Balaban J connectivity index is 0.000000191. The summed E-state index contributed by atoms with van der Waals surface area (Å²) in [4.78, 5) is 71.2. The quantitative estimate of drug-likeness (QED) is 0.0807. The van der Waals surface area contributed by atoms with Crippen molar-refractivity contribution in [2.45, 2.75) is 13.1 Å². The average molecular weight is 903 g/mol. The number of fused-ring (bicyclic) bond motifs is 8. The Morgan fingerprint density at radius 1 is 0.576 bits per heavy atom. The first-order valence-electron chi connectivity index (χ1n) is 20.7. The number of carboxylic acid groups (broad SMARTS) is 1. The van der Waals surface area contributed by atoms with Gasteiger partial charge in [-0.25, -0.2) is 24.7 Å². The Bertz CT molecular complexity index is 3120. The third kappa shape index (κ3) is 11.4. The zero-order valence-corrected chi connectivity index (χ0v) is 37.4. The van der Waals surface area contributed by atoms with Crippen molar-refractivity contribution in [3.8, 4) is 0 Å². The van der Waals surface area contributed by atoms with Crippen molar-refractivity contribution in [2.75, 3.05) is 78.7 Å². The van der Waals surface area contributed by atoms with Crippen LogP contribution in [0.2, 0.25) is 0 Å². The van der Waals surface area contributed by atoms with Gasteiger partial charge in [0, 0.05) is 74.7 Å². The van der Waals surface area contributed by atoms with Gasteiger partial charge in [0.2, 0.25) is 5.91 Å². The largest absolute Gasteiger partial charge is 0.490 e. The molecule has 0 radical (unpaired) electrons. The van der Waals surface area contributed by atoms with E-state index in [1.807, 2.05) is 125 Å². The molecule has 2 heterocycles. The maximum absolute atomic E-state index is 12.8.